The molecule has 0 spiro atoms. The van der Waals surface area contributed by atoms with Gasteiger partial charge in [0.15, 0.2) is 0 Å². The number of carbonyl (C=O) groups is 1. The number of amides is 1. The van der Waals surface area contributed by atoms with Crippen LogP contribution in [0.2, 0.25) is 5.02 Å². The molecule has 3 aromatic rings. The third kappa shape index (κ3) is 6.76. The van der Waals surface area contributed by atoms with E-state index in [4.69, 9.17) is 16.9 Å². The molecule has 1 unspecified atom stereocenters. The number of hydrogen-bond donors (Lipinski definition) is 2. The second-order valence-electron chi connectivity index (χ2n) is 6.94. The van der Waals surface area contributed by atoms with E-state index >= 15 is 0 Å². The van der Waals surface area contributed by atoms with Crippen molar-refractivity contribution in [1.29, 1.82) is 5.26 Å². The average Bonchev–Trinajstić information content (AvgIpc) is 2.77. The maximum Gasteiger partial charge on any atom is 0.407 e. The van der Waals surface area contributed by atoms with Gasteiger partial charge in [0.1, 0.15) is 0 Å². The number of halogens is 1. The summed E-state index contributed by atoms with van der Waals surface area (Å²) < 4.78 is 0. The van der Waals surface area contributed by atoms with Crippen LogP contribution in [-0.2, 0) is 6.42 Å². The smallest absolute Gasteiger partial charge is 0.407 e. The first-order valence-electron chi connectivity index (χ1n) is 9.63. The normalized spacial score (nSPS) is 11.5. The predicted molar refractivity (Wildman–Crippen MR) is 121 cm³/mol. The molecular formula is C24H21ClN2O3S. The molecule has 5 nitrogen and oxygen atoms in total. The molecule has 0 aliphatic rings. The number of nitriles is 1. The molecule has 0 heterocycles. The number of benzene rings is 3. The lowest BCUT2D eigenvalue weighted by Crippen LogP contribution is -2.35. The van der Waals surface area contributed by atoms with Gasteiger partial charge in [-0.25, -0.2) is 4.79 Å². The summed E-state index contributed by atoms with van der Waals surface area (Å²) in [5, 5.41) is 29.4. The van der Waals surface area contributed by atoms with Gasteiger partial charge < -0.3 is 15.1 Å². The van der Waals surface area contributed by atoms with Crippen molar-refractivity contribution in [3.05, 3.63) is 94.5 Å². The SMILES string of the molecule is N#Cc1cccc(Sc2ccc(CCN(CC(O)c3cccc(Cl)c3)C(=O)O)cc2)c1. The van der Waals surface area contributed by atoms with Crippen LogP contribution >= 0.6 is 23.4 Å². The maximum atomic E-state index is 11.6. The van der Waals surface area contributed by atoms with Crippen LogP contribution in [0, 0.1) is 11.3 Å². The van der Waals surface area contributed by atoms with Crippen molar-refractivity contribution in [2.45, 2.75) is 22.3 Å². The van der Waals surface area contributed by atoms with Crippen molar-refractivity contribution < 1.29 is 15.0 Å². The van der Waals surface area contributed by atoms with E-state index in [2.05, 4.69) is 6.07 Å². The second kappa shape index (κ2) is 10.9. The lowest BCUT2D eigenvalue weighted by Gasteiger charge is -2.23. The number of aliphatic hydroxyl groups excluding tert-OH is 1. The molecule has 31 heavy (non-hydrogen) atoms. The van der Waals surface area contributed by atoms with E-state index in [1.165, 1.54) is 4.90 Å². The molecule has 1 amide bonds. The topological polar surface area (TPSA) is 84.6 Å². The Morgan fingerprint density at radius 3 is 2.48 bits per heavy atom. The van der Waals surface area contributed by atoms with E-state index in [0.717, 1.165) is 15.4 Å². The lowest BCUT2D eigenvalue weighted by molar-refractivity contribution is 0.0973. The van der Waals surface area contributed by atoms with E-state index in [-0.39, 0.29) is 13.1 Å². The molecule has 0 bridgehead atoms. The Morgan fingerprint density at radius 2 is 1.81 bits per heavy atom. The van der Waals surface area contributed by atoms with Crippen LogP contribution in [0.15, 0.2) is 82.6 Å². The standard InChI is InChI=1S/C24H21ClN2O3S/c25-20-5-2-4-19(14-20)23(28)16-27(24(29)30)12-11-17-7-9-21(10-8-17)31-22-6-1-3-18(13-22)15-26/h1-10,13-14,23,28H,11-12,16H2,(H,29,30). The molecule has 3 aromatic carbocycles. The minimum atomic E-state index is -1.08. The van der Waals surface area contributed by atoms with Crippen LogP contribution in [0.4, 0.5) is 4.79 Å². The van der Waals surface area contributed by atoms with E-state index in [0.29, 0.717) is 22.6 Å². The zero-order valence-corrected chi connectivity index (χ0v) is 18.2. The second-order valence-corrected chi connectivity index (χ2v) is 8.52. The fraction of sp³-hybridized carbons (Fsp3) is 0.167. The first kappa shape index (κ1) is 22.7. The molecule has 0 saturated carbocycles. The Hall–Kier alpha value is -2.98. The highest BCUT2D eigenvalue weighted by Crippen LogP contribution is 2.28. The van der Waals surface area contributed by atoms with Crippen LogP contribution in [0.1, 0.15) is 22.8 Å². The summed E-state index contributed by atoms with van der Waals surface area (Å²) in [7, 11) is 0. The maximum absolute atomic E-state index is 11.6. The number of nitrogens with zero attached hydrogens (tertiary/aromatic N) is 2. The zero-order chi connectivity index (χ0) is 22.2. The third-order valence-corrected chi connectivity index (χ3v) is 5.92. The van der Waals surface area contributed by atoms with Gasteiger partial charge in [-0.15, -0.1) is 0 Å². The summed E-state index contributed by atoms with van der Waals surface area (Å²) in [6, 6.07) is 24.2. The van der Waals surface area contributed by atoms with Crippen molar-refractivity contribution in [2.75, 3.05) is 13.1 Å². The van der Waals surface area contributed by atoms with Crippen LogP contribution in [0.3, 0.4) is 0 Å². The molecule has 0 aliphatic heterocycles. The Labute approximate surface area is 190 Å². The fourth-order valence-corrected chi connectivity index (χ4v) is 4.12. The van der Waals surface area contributed by atoms with E-state index in [9.17, 15) is 15.0 Å². The number of hydrogen-bond acceptors (Lipinski definition) is 4. The van der Waals surface area contributed by atoms with Crippen molar-refractivity contribution >= 4 is 29.5 Å². The molecule has 0 aromatic heterocycles. The van der Waals surface area contributed by atoms with Gasteiger partial charge in [-0.1, -0.05) is 53.7 Å². The van der Waals surface area contributed by atoms with E-state index in [1.54, 1.807) is 42.1 Å². The Balaban J connectivity index is 1.58. The minimum Gasteiger partial charge on any atom is -0.465 e. The molecule has 158 valence electrons. The van der Waals surface area contributed by atoms with Crippen LogP contribution in [-0.4, -0.2) is 34.3 Å². The highest BCUT2D eigenvalue weighted by Gasteiger charge is 2.18. The van der Waals surface area contributed by atoms with Crippen molar-refractivity contribution in [2.24, 2.45) is 0 Å². The summed E-state index contributed by atoms with van der Waals surface area (Å²) >= 11 is 7.51. The average molecular weight is 453 g/mol. The number of carboxylic acid groups (broad SMARTS) is 1. The molecule has 1 atom stereocenters. The molecule has 2 N–H and O–H groups in total. The van der Waals surface area contributed by atoms with Crippen LogP contribution < -0.4 is 0 Å². The van der Waals surface area contributed by atoms with Gasteiger partial charge >= 0.3 is 6.09 Å². The molecule has 7 heteroatoms. The van der Waals surface area contributed by atoms with E-state index < -0.39 is 12.2 Å². The first-order chi connectivity index (χ1) is 14.9. The summed E-state index contributed by atoms with van der Waals surface area (Å²) in [4.78, 5) is 14.9. The largest absolute Gasteiger partial charge is 0.465 e. The molecular weight excluding hydrogens is 432 g/mol. The highest BCUT2D eigenvalue weighted by atomic mass is 35.5. The highest BCUT2D eigenvalue weighted by molar-refractivity contribution is 7.99. The van der Waals surface area contributed by atoms with Gasteiger partial charge in [-0.3, -0.25) is 0 Å². The van der Waals surface area contributed by atoms with E-state index in [1.807, 2.05) is 42.5 Å². The summed E-state index contributed by atoms with van der Waals surface area (Å²) in [5.41, 5.74) is 2.20. The van der Waals surface area contributed by atoms with Gasteiger partial charge in [0.05, 0.1) is 24.3 Å². The molecule has 0 fully saturated rings. The minimum absolute atomic E-state index is 0.0289. The Bertz CT molecular complexity index is 1080. The van der Waals surface area contributed by atoms with Crippen molar-refractivity contribution in [3.8, 4) is 6.07 Å². The fourth-order valence-electron chi connectivity index (χ4n) is 3.05. The summed E-state index contributed by atoms with van der Waals surface area (Å²) in [6.07, 6.45) is -1.49. The summed E-state index contributed by atoms with van der Waals surface area (Å²) in [6.45, 7) is 0.239. The monoisotopic (exact) mass is 452 g/mol. The Morgan fingerprint density at radius 1 is 1.06 bits per heavy atom. The Kier molecular flexibility index (Phi) is 7.96. The predicted octanol–water partition coefficient (Wildman–Crippen LogP) is 5.62. The van der Waals surface area contributed by atoms with Gasteiger partial charge in [-0.2, -0.15) is 5.26 Å². The number of rotatable bonds is 8. The van der Waals surface area contributed by atoms with Crippen LogP contribution in [0.5, 0.6) is 0 Å². The van der Waals surface area contributed by atoms with Gasteiger partial charge in [0, 0.05) is 21.4 Å². The first-order valence-corrected chi connectivity index (χ1v) is 10.8. The van der Waals surface area contributed by atoms with Crippen LogP contribution in [0.25, 0.3) is 0 Å². The number of aliphatic hydroxyl groups is 1. The van der Waals surface area contributed by atoms with Gasteiger partial charge in [0.25, 0.3) is 0 Å². The van der Waals surface area contributed by atoms with Gasteiger partial charge in [-0.05, 0) is 60.0 Å². The van der Waals surface area contributed by atoms with Gasteiger partial charge in [0.2, 0.25) is 0 Å². The summed E-state index contributed by atoms with van der Waals surface area (Å²) in [5.74, 6) is 0. The molecule has 0 saturated heterocycles. The molecule has 0 aliphatic carbocycles. The van der Waals surface area contributed by atoms with Crippen molar-refractivity contribution in [3.63, 3.8) is 0 Å². The molecule has 3 rings (SSSR count). The quantitative estimate of drug-likeness (QED) is 0.463. The zero-order valence-electron chi connectivity index (χ0n) is 16.6. The lowest BCUT2D eigenvalue weighted by atomic mass is 10.1. The van der Waals surface area contributed by atoms with Crippen molar-refractivity contribution in [1.82, 2.24) is 4.90 Å². The third-order valence-electron chi connectivity index (χ3n) is 4.69. The molecule has 0 radical (unpaired) electrons.